The van der Waals surface area contributed by atoms with E-state index in [2.05, 4.69) is 29.6 Å². The first-order valence-electron chi connectivity index (χ1n) is 8.18. The van der Waals surface area contributed by atoms with Crippen LogP contribution in [0.2, 0.25) is 0 Å². The van der Waals surface area contributed by atoms with Gasteiger partial charge in [0.25, 0.3) is 0 Å². The third-order valence-electron chi connectivity index (χ3n) is 3.66. The molecule has 0 atom stereocenters. The molecule has 0 aromatic heterocycles. The summed E-state index contributed by atoms with van der Waals surface area (Å²) in [4.78, 5) is 0. The summed E-state index contributed by atoms with van der Waals surface area (Å²) in [6.07, 6.45) is 1.29. The van der Waals surface area contributed by atoms with E-state index in [0.29, 0.717) is 19.6 Å². The molecule has 0 amide bonds. The van der Waals surface area contributed by atoms with Crippen molar-refractivity contribution in [3.63, 3.8) is 0 Å². The molecule has 0 spiro atoms. The van der Waals surface area contributed by atoms with Crippen molar-refractivity contribution < 1.29 is 9.47 Å². The van der Waals surface area contributed by atoms with Crippen LogP contribution in [0.25, 0.3) is 0 Å². The van der Waals surface area contributed by atoms with Crippen molar-refractivity contribution in [1.82, 2.24) is 5.32 Å². The van der Waals surface area contributed by atoms with Gasteiger partial charge in [-0.3, -0.25) is 0 Å². The highest BCUT2D eigenvalue weighted by atomic mass is 16.5. The van der Waals surface area contributed by atoms with Crippen LogP contribution in [-0.2, 0) is 24.4 Å². The van der Waals surface area contributed by atoms with Crippen molar-refractivity contribution in [2.24, 2.45) is 0 Å². The Morgan fingerprint density at radius 2 is 1.88 bits per heavy atom. The van der Waals surface area contributed by atoms with Gasteiger partial charge in [-0.2, -0.15) is 5.26 Å². The standard InChI is InChI=1S/C20H24N2O2/c1-23-16-19-9-3-2-8-18(19)15-22-14-17-7-6-10-20(13-17)24-12-5-4-11-21/h2-3,6-10,13,22H,4-5,12,14-16H2,1H3. The van der Waals surface area contributed by atoms with Gasteiger partial charge in [-0.25, -0.2) is 0 Å². The second-order valence-electron chi connectivity index (χ2n) is 5.56. The molecular weight excluding hydrogens is 300 g/mol. The summed E-state index contributed by atoms with van der Waals surface area (Å²) in [6.45, 7) is 2.78. The molecule has 0 aliphatic heterocycles. The maximum Gasteiger partial charge on any atom is 0.119 e. The van der Waals surface area contributed by atoms with Crippen molar-refractivity contribution in [2.45, 2.75) is 32.5 Å². The molecular formula is C20H24N2O2. The van der Waals surface area contributed by atoms with Crippen molar-refractivity contribution in [2.75, 3.05) is 13.7 Å². The van der Waals surface area contributed by atoms with Crippen molar-refractivity contribution in [1.29, 1.82) is 5.26 Å². The summed E-state index contributed by atoms with van der Waals surface area (Å²) in [5.74, 6) is 0.854. The van der Waals surface area contributed by atoms with E-state index in [1.807, 2.05) is 30.3 Å². The maximum absolute atomic E-state index is 8.53. The van der Waals surface area contributed by atoms with Crippen LogP contribution in [0.5, 0.6) is 5.75 Å². The molecule has 0 aliphatic carbocycles. The summed E-state index contributed by atoms with van der Waals surface area (Å²) in [5, 5.41) is 12.0. The molecule has 2 rings (SSSR count). The molecule has 0 fully saturated rings. The van der Waals surface area contributed by atoms with Gasteiger partial charge >= 0.3 is 0 Å². The molecule has 0 aliphatic rings. The first-order chi connectivity index (χ1) is 11.8. The van der Waals surface area contributed by atoms with Crippen LogP contribution in [0.1, 0.15) is 29.5 Å². The van der Waals surface area contributed by atoms with E-state index < -0.39 is 0 Å². The van der Waals surface area contributed by atoms with Gasteiger partial charge in [0.2, 0.25) is 0 Å². The zero-order chi connectivity index (χ0) is 17.0. The Morgan fingerprint density at radius 1 is 1.04 bits per heavy atom. The van der Waals surface area contributed by atoms with Crippen LogP contribution in [0.4, 0.5) is 0 Å². The molecule has 2 aromatic carbocycles. The fourth-order valence-electron chi connectivity index (χ4n) is 2.45. The Labute approximate surface area is 144 Å². The Bertz CT molecular complexity index is 665. The number of nitrogens with one attached hydrogen (secondary N) is 1. The molecule has 0 radical (unpaired) electrons. The lowest BCUT2D eigenvalue weighted by Gasteiger charge is -2.11. The minimum absolute atomic E-state index is 0.530. The number of rotatable bonds is 10. The highest BCUT2D eigenvalue weighted by Crippen LogP contribution is 2.14. The smallest absolute Gasteiger partial charge is 0.119 e. The van der Waals surface area contributed by atoms with Gasteiger partial charge in [-0.05, 0) is 35.2 Å². The molecule has 0 unspecified atom stereocenters. The maximum atomic E-state index is 8.53. The topological polar surface area (TPSA) is 54.3 Å². The van der Waals surface area contributed by atoms with E-state index in [0.717, 1.165) is 25.3 Å². The van der Waals surface area contributed by atoms with Gasteiger partial charge < -0.3 is 14.8 Å². The predicted molar refractivity (Wildman–Crippen MR) is 94.5 cm³/mol. The van der Waals surface area contributed by atoms with Crippen LogP contribution in [0.3, 0.4) is 0 Å². The Morgan fingerprint density at radius 3 is 2.67 bits per heavy atom. The second-order valence-corrected chi connectivity index (χ2v) is 5.56. The molecule has 4 heteroatoms. The van der Waals surface area contributed by atoms with Crippen LogP contribution in [0.15, 0.2) is 48.5 Å². The van der Waals surface area contributed by atoms with E-state index >= 15 is 0 Å². The molecule has 0 bridgehead atoms. The number of hydrogen-bond acceptors (Lipinski definition) is 4. The quantitative estimate of drug-likeness (QED) is 0.675. The summed E-state index contributed by atoms with van der Waals surface area (Å²) in [5.41, 5.74) is 3.64. The molecule has 24 heavy (non-hydrogen) atoms. The summed E-state index contributed by atoms with van der Waals surface area (Å²) in [6, 6.07) is 18.5. The Hall–Kier alpha value is -2.35. The number of benzene rings is 2. The fraction of sp³-hybridized carbons (Fsp3) is 0.350. The number of nitriles is 1. The molecule has 2 aromatic rings. The number of ether oxygens (including phenoxy) is 2. The summed E-state index contributed by atoms with van der Waals surface area (Å²) < 4.78 is 10.9. The van der Waals surface area contributed by atoms with E-state index in [9.17, 15) is 0 Å². The zero-order valence-corrected chi connectivity index (χ0v) is 14.1. The Balaban J connectivity index is 1.83. The fourth-order valence-corrected chi connectivity index (χ4v) is 2.45. The lowest BCUT2D eigenvalue weighted by atomic mass is 10.1. The number of hydrogen-bond donors (Lipinski definition) is 1. The van der Waals surface area contributed by atoms with Crippen LogP contribution < -0.4 is 10.1 Å². The monoisotopic (exact) mass is 324 g/mol. The van der Waals surface area contributed by atoms with Crippen molar-refractivity contribution >= 4 is 0 Å². The second kappa shape index (κ2) is 10.4. The molecule has 1 N–H and O–H groups in total. The average Bonchev–Trinajstić information content (AvgIpc) is 2.61. The van der Waals surface area contributed by atoms with Crippen molar-refractivity contribution in [3.8, 4) is 11.8 Å². The van der Waals surface area contributed by atoms with Gasteiger partial charge in [0.1, 0.15) is 5.75 Å². The first kappa shape index (κ1) is 18.0. The van der Waals surface area contributed by atoms with Crippen molar-refractivity contribution in [3.05, 3.63) is 65.2 Å². The largest absolute Gasteiger partial charge is 0.494 e. The minimum Gasteiger partial charge on any atom is -0.494 e. The minimum atomic E-state index is 0.530. The molecule has 0 saturated carbocycles. The van der Waals surface area contributed by atoms with Gasteiger partial charge in [0, 0.05) is 26.6 Å². The SMILES string of the molecule is COCc1ccccc1CNCc1cccc(OCCCC#N)c1. The lowest BCUT2D eigenvalue weighted by molar-refractivity contribution is 0.184. The normalized spacial score (nSPS) is 10.3. The van der Waals surface area contributed by atoms with E-state index in [-0.39, 0.29) is 0 Å². The summed E-state index contributed by atoms with van der Waals surface area (Å²) in [7, 11) is 1.71. The zero-order valence-electron chi connectivity index (χ0n) is 14.1. The first-order valence-corrected chi connectivity index (χ1v) is 8.18. The number of methoxy groups -OCH3 is 1. The molecule has 4 nitrogen and oxygen atoms in total. The van der Waals surface area contributed by atoms with E-state index in [1.54, 1.807) is 7.11 Å². The van der Waals surface area contributed by atoms with Gasteiger partial charge in [-0.1, -0.05) is 36.4 Å². The Kier molecular flexibility index (Phi) is 7.82. The highest BCUT2D eigenvalue weighted by Gasteiger charge is 2.02. The number of nitrogens with zero attached hydrogens (tertiary/aromatic N) is 1. The summed E-state index contributed by atoms with van der Waals surface area (Å²) >= 11 is 0. The third-order valence-corrected chi connectivity index (χ3v) is 3.66. The lowest BCUT2D eigenvalue weighted by Crippen LogP contribution is -2.14. The third kappa shape index (κ3) is 6.04. The van der Waals surface area contributed by atoms with E-state index in [4.69, 9.17) is 14.7 Å². The average molecular weight is 324 g/mol. The predicted octanol–water partition coefficient (Wildman–Crippen LogP) is 3.81. The molecule has 126 valence electrons. The molecule has 0 saturated heterocycles. The van der Waals surface area contributed by atoms with Crippen LogP contribution >= 0.6 is 0 Å². The highest BCUT2D eigenvalue weighted by molar-refractivity contribution is 5.29. The number of unbranched alkanes of at least 4 members (excludes halogenated alkanes) is 1. The van der Waals surface area contributed by atoms with Gasteiger partial charge in [-0.15, -0.1) is 0 Å². The molecule has 0 heterocycles. The van der Waals surface area contributed by atoms with Gasteiger partial charge in [0.05, 0.1) is 19.3 Å². The van der Waals surface area contributed by atoms with Crippen LogP contribution in [-0.4, -0.2) is 13.7 Å². The van der Waals surface area contributed by atoms with E-state index in [1.165, 1.54) is 16.7 Å². The van der Waals surface area contributed by atoms with Gasteiger partial charge in [0.15, 0.2) is 0 Å². The van der Waals surface area contributed by atoms with Crippen LogP contribution in [0, 0.1) is 11.3 Å².